The van der Waals surface area contributed by atoms with Crippen LogP contribution >= 0.6 is 22.9 Å². The number of aromatic nitrogens is 2. The molecule has 3 heterocycles. The fourth-order valence-corrected chi connectivity index (χ4v) is 5.63. The lowest BCUT2D eigenvalue weighted by Crippen LogP contribution is -2.46. The highest BCUT2D eigenvalue weighted by molar-refractivity contribution is 7.12. The fraction of sp³-hybridized carbons (Fsp3) is 0.296. The Morgan fingerprint density at radius 2 is 1.89 bits per heavy atom. The van der Waals surface area contributed by atoms with Crippen molar-refractivity contribution >= 4 is 45.5 Å². The van der Waals surface area contributed by atoms with Crippen LogP contribution < -0.4 is 10.3 Å². The molecule has 1 saturated heterocycles. The van der Waals surface area contributed by atoms with Crippen molar-refractivity contribution in [1.82, 2.24) is 9.55 Å². The van der Waals surface area contributed by atoms with Gasteiger partial charge in [0, 0.05) is 35.3 Å². The van der Waals surface area contributed by atoms with E-state index < -0.39 is 23.0 Å². The maximum absolute atomic E-state index is 16.3. The number of carbonyl (C=O) groups is 1. The number of ether oxygens (including phenoxy) is 2. The molecule has 0 saturated carbocycles. The van der Waals surface area contributed by atoms with Gasteiger partial charge in [0.05, 0.1) is 35.4 Å². The minimum atomic E-state index is -0.919. The van der Waals surface area contributed by atoms with Crippen molar-refractivity contribution in [3.8, 4) is 16.4 Å². The van der Waals surface area contributed by atoms with Gasteiger partial charge in [-0.25, -0.2) is 18.6 Å². The summed E-state index contributed by atoms with van der Waals surface area (Å²) < 4.78 is 43.9. The highest BCUT2D eigenvalue weighted by atomic mass is 35.5. The summed E-state index contributed by atoms with van der Waals surface area (Å²) in [5.41, 5.74) is -0.240. The Morgan fingerprint density at radius 1 is 1.21 bits per heavy atom. The van der Waals surface area contributed by atoms with Gasteiger partial charge in [0.25, 0.3) is 0 Å². The Hall–Kier alpha value is -3.34. The van der Waals surface area contributed by atoms with Crippen molar-refractivity contribution in [1.29, 1.82) is 0 Å². The second kappa shape index (κ2) is 10.4. The van der Waals surface area contributed by atoms with Crippen molar-refractivity contribution in [2.24, 2.45) is 0 Å². The van der Waals surface area contributed by atoms with E-state index in [2.05, 4.69) is 4.98 Å². The summed E-state index contributed by atoms with van der Waals surface area (Å²) in [6.07, 6.45) is 0.715. The predicted molar refractivity (Wildman–Crippen MR) is 144 cm³/mol. The molecule has 0 aliphatic carbocycles. The third-order valence-electron chi connectivity index (χ3n) is 6.23. The van der Waals surface area contributed by atoms with Gasteiger partial charge in [-0.15, -0.1) is 11.3 Å². The van der Waals surface area contributed by atoms with Gasteiger partial charge >= 0.3 is 5.97 Å². The van der Waals surface area contributed by atoms with Gasteiger partial charge in [-0.2, -0.15) is 0 Å². The minimum Gasteiger partial charge on any atom is -0.462 e. The summed E-state index contributed by atoms with van der Waals surface area (Å²) in [7, 11) is 0. The van der Waals surface area contributed by atoms with Crippen molar-refractivity contribution in [3.05, 3.63) is 74.4 Å². The van der Waals surface area contributed by atoms with E-state index in [0.29, 0.717) is 10.7 Å². The molecule has 0 radical (unpaired) electrons. The third-order valence-corrected chi connectivity index (χ3v) is 7.32. The van der Waals surface area contributed by atoms with Gasteiger partial charge in [-0.3, -0.25) is 9.36 Å². The van der Waals surface area contributed by atoms with E-state index in [4.69, 9.17) is 21.1 Å². The molecule has 1 aliphatic rings. The summed E-state index contributed by atoms with van der Waals surface area (Å²) in [4.78, 5) is 32.1. The highest BCUT2D eigenvalue weighted by Crippen LogP contribution is 2.34. The smallest absolute Gasteiger partial charge is 0.343 e. The zero-order valence-electron chi connectivity index (χ0n) is 20.8. The molecular weight excluding hydrogens is 536 g/mol. The summed E-state index contributed by atoms with van der Waals surface area (Å²) in [6.45, 7) is 5.83. The Bertz CT molecular complexity index is 1580. The number of fused-ring (bicyclic) bond motifs is 1. The largest absolute Gasteiger partial charge is 0.462 e. The number of hydrogen-bond donors (Lipinski definition) is 0. The molecule has 2 aromatic heterocycles. The van der Waals surface area contributed by atoms with Crippen molar-refractivity contribution < 1.29 is 23.0 Å². The zero-order valence-corrected chi connectivity index (χ0v) is 22.4. The molecule has 5 rings (SSSR count). The number of pyridine rings is 1. The average Bonchev–Trinajstić information content (AvgIpc) is 3.35. The number of anilines is 1. The standard InChI is InChI=1S/C27H24ClF2N3O4S/c1-4-36-26(35)19-12-33(27-31-21(13-38-27)16-5-7-17(28)8-6-16)23-18(25(19)34)9-20(29)24(22(23)30)32-10-14(2)37-15(3)11-32/h5-9,12-15H,4,10-11H2,1-3H3/t14-,15-/m1/s1. The Balaban J connectivity index is 1.75. The second-order valence-corrected chi connectivity index (χ2v) is 10.3. The number of thiazole rings is 1. The maximum atomic E-state index is 16.3. The number of carbonyl (C=O) groups excluding carboxylic acids is 1. The lowest BCUT2D eigenvalue weighted by Gasteiger charge is -2.37. The highest BCUT2D eigenvalue weighted by Gasteiger charge is 2.30. The average molecular weight is 560 g/mol. The van der Waals surface area contributed by atoms with Crippen LogP contribution in [0.4, 0.5) is 14.5 Å². The van der Waals surface area contributed by atoms with Crippen LogP contribution in [-0.4, -0.2) is 47.4 Å². The van der Waals surface area contributed by atoms with Crippen LogP contribution in [0.25, 0.3) is 27.3 Å². The van der Waals surface area contributed by atoms with E-state index in [1.165, 1.54) is 22.1 Å². The molecular formula is C27H24ClF2N3O4S. The summed E-state index contributed by atoms with van der Waals surface area (Å²) in [5.74, 6) is -2.71. The lowest BCUT2D eigenvalue weighted by molar-refractivity contribution is -0.00557. The first kappa shape index (κ1) is 26.3. The fourth-order valence-electron chi connectivity index (χ4n) is 4.69. The molecule has 0 amide bonds. The van der Waals surface area contributed by atoms with Gasteiger partial charge in [0.1, 0.15) is 17.1 Å². The second-order valence-electron chi connectivity index (χ2n) is 9.06. The van der Waals surface area contributed by atoms with Gasteiger partial charge in [0.2, 0.25) is 5.43 Å². The first-order valence-corrected chi connectivity index (χ1v) is 13.3. The van der Waals surface area contributed by atoms with Crippen molar-refractivity contribution in [2.75, 3.05) is 24.6 Å². The van der Waals surface area contributed by atoms with E-state index in [0.717, 1.165) is 11.6 Å². The normalized spacial score (nSPS) is 17.7. The Labute approximate surface area is 226 Å². The van der Waals surface area contributed by atoms with Crippen LogP contribution in [-0.2, 0) is 9.47 Å². The molecule has 7 nitrogen and oxygen atoms in total. The van der Waals surface area contributed by atoms with Crippen molar-refractivity contribution in [3.63, 3.8) is 0 Å². The van der Waals surface area contributed by atoms with Gasteiger partial charge < -0.3 is 14.4 Å². The number of halogens is 3. The lowest BCUT2D eigenvalue weighted by atomic mass is 10.1. The quantitative estimate of drug-likeness (QED) is 0.286. The molecule has 11 heteroatoms. The van der Waals surface area contributed by atoms with E-state index in [1.54, 1.807) is 41.5 Å². The molecule has 4 aromatic rings. The van der Waals surface area contributed by atoms with Crippen LogP contribution in [0.15, 0.2) is 46.7 Å². The predicted octanol–water partition coefficient (Wildman–Crippen LogP) is 5.84. The molecule has 2 aromatic carbocycles. The van der Waals surface area contributed by atoms with Gasteiger partial charge in [-0.05, 0) is 39.0 Å². The Morgan fingerprint density at radius 3 is 2.55 bits per heavy atom. The molecule has 198 valence electrons. The number of nitrogens with zero attached hydrogens (tertiary/aromatic N) is 3. The Kier molecular flexibility index (Phi) is 7.21. The van der Waals surface area contributed by atoms with Crippen LogP contribution in [0.5, 0.6) is 0 Å². The van der Waals surface area contributed by atoms with Crippen LogP contribution in [0.2, 0.25) is 5.02 Å². The first-order chi connectivity index (χ1) is 18.2. The molecule has 0 unspecified atom stereocenters. The van der Waals surface area contributed by atoms with Crippen LogP contribution in [0.1, 0.15) is 31.1 Å². The molecule has 0 spiro atoms. The molecule has 2 atom stereocenters. The molecule has 0 bridgehead atoms. The SMILES string of the molecule is CCOC(=O)c1cn(-c2nc(-c3ccc(Cl)cc3)cs2)c2c(F)c(N3C[C@@H](C)O[C@H](C)C3)c(F)cc2c1=O. The van der Waals surface area contributed by atoms with Gasteiger partial charge in [0.15, 0.2) is 10.9 Å². The minimum absolute atomic E-state index is 0.0311. The summed E-state index contributed by atoms with van der Waals surface area (Å²) >= 11 is 7.18. The van der Waals surface area contributed by atoms with Crippen molar-refractivity contribution in [2.45, 2.75) is 33.0 Å². The molecule has 1 fully saturated rings. The van der Waals surface area contributed by atoms with E-state index >= 15 is 8.78 Å². The zero-order chi connectivity index (χ0) is 27.1. The monoisotopic (exact) mass is 559 g/mol. The van der Waals surface area contributed by atoms with Crippen LogP contribution in [0.3, 0.4) is 0 Å². The number of benzene rings is 2. The molecule has 1 aliphatic heterocycles. The van der Waals surface area contributed by atoms with Gasteiger partial charge in [-0.1, -0.05) is 23.7 Å². The number of hydrogen-bond acceptors (Lipinski definition) is 7. The van der Waals surface area contributed by atoms with Crippen LogP contribution in [0, 0.1) is 11.6 Å². The number of esters is 1. The maximum Gasteiger partial charge on any atom is 0.343 e. The van der Waals surface area contributed by atoms with E-state index in [9.17, 15) is 9.59 Å². The van der Waals surface area contributed by atoms with E-state index in [1.807, 2.05) is 13.8 Å². The summed E-state index contributed by atoms with van der Waals surface area (Å²) in [6, 6.07) is 8.02. The topological polar surface area (TPSA) is 73.7 Å². The summed E-state index contributed by atoms with van der Waals surface area (Å²) in [5, 5.41) is 2.33. The number of morpholine rings is 1. The third kappa shape index (κ3) is 4.79. The molecule has 38 heavy (non-hydrogen) atoms. The molecule has 0 N–H and O–H groups in total. The number of rotatable bonds is 5. The first-order valence-electron chi connectivity index (χ1n) is 12.0. The van der Waals surface area contributed by atoms with E-state index in [-0.39, 0.29) is 59.2 Å².